The number of hydrogen-bond acceptors (Lipinski definition) is 4. The standard InChI is InChI=1S/C12H15N3O2/c16-10-2-1-9(11(17)7-10)8-13-4-3-12-14-5-6-15-12/h1-2,5-7,13,16-17H,3-4,8H2,(H,14,15). The van der Waals surface area contributed by atoms with Gasteiger partial charge in [0.2, 0.25) is 0 Å². The fraction of sp³-hybridized carbons (Fsp3) is 0.250. The highest BCUT2D eigenvalue weighted by atomic mass is 16.3. The van der Waals surface area contributed by atoms with Gasteiger partial charge in [-0.2, -0.15) is 0 Å². The van der Waals surface area contributed by atoms with Gasteiger partial charge in [-0.15, -0.1) is 0 Å². The fourth-order valence-corrected chi connectivity index (χ4v) is 1.57. The Hall–Kier alpha value is -2.01. The highest BCUT2D eigenvalue weighted by molar-refractivity contribution is 5.38. The predicted molar refractivity (Wildman–Crippen MR) is 63.8 cm³/mol. The van der Waals surface area contributed by atoms with Crippen LogP contribution in [0, 0.1) is 0 Å². The first-order valence-corrected chi connectivity index (χ1v) is 5.45. The quantitative estimate of drug-likeness (QED) is 0.584. The minimum Gasteiger partial charge on any atom is -0.508 e. The summed E-state index contributed by atoms with van der Waals surface area (Å²) in [5, 5.41) is 21.9. The van der Waals surface area contributed by atoms with Gasteiger partial charge in [-0.25, -0.2) is 4.98 Å². The van der Waals surface area contributed by atoms with E-state index in [0.717, 1.165) is 24.4 Å². The molecule has 0 fully saturated rings. The molecule has 17 heavy (non-hydrogen) atoms. The number of hydrogen-bond donors (Lipinski definition) is 4. The summed E-state index contributed by atoms with van der Waals surface area (Å²) >= 11 is 0. The van der Waals surface area contributed by atoms with E-state index in [1.807, 2.05) is 0 Å². The van der Waals surface area contributed by atoms with Crippen LogP contribution < -0.4 is 5.32 Å². The number of phenols is 2. The molecule has 90 valence electrons. The van der Waals surface area contributed by atoms with Gasteiger partial charge < -0.3 is 20.5 Å². The average Bonchev–Trinajstić information content (AvgIpc) is 2.79. The van der Waals surface area contributed by atoms with Crippen LogP contribution in [0.1, 0.15) is 11.4 Å². The number of benzene rings is 1. The molecule has 0 spiro atoms. The van der Waals surface area contributed by atoms with Crippen LogP contribution in [0.5, 0.6) is 11.5 Å². The molecule has 0 unspecified atom stereocenters. The van der Waals surface area contributed by atoms with E-state index in [0.29, 0.717) is 6.54 Å². The van der Waals surface area contributed by atoms with Gasteiger partial charge in [0.1, 0.15) is 17.3 Å². The molecule has 0 aliphatic rings. The lowest BCUT2D eigenvalue weighted by molar-refractivity contribution is 0.444. The van der Waals surface area contributed by atoms with Crippen LogP contribution in [-0.2, 0) is 13.0 Å². The third-order valence-corrected chi connectivity index (χ3v) is 2.48. The van der Waals surface area contributed by atoms with Gasteiger partial charge in [0, 0.05) is 43.5 Å². The molecule has 0 aliphatic carbocycles. The lowest BCUT2D eigenvalue weighted by atomic mass is 10.2. The highest BCUT2D eigenvalue weighted by Crippen LogP contribution is 2.22. The van der Waals surface area contributed by atoms with E-state index in [-0.39, 0.29) is 11.5 Å². The first-order chi connectivity index (χ1) is 8.25. The van der Waals surface area contributed by atoms with Crippen LogP contribution in [0.15, 0.2) is 30.6 Å². The normalized spacial score (nSPS) is 10.6. The van der Waals surface area contributed by atoms with E-state index in [1.165, 1.54) is 6.07 Å². The molecule has 2 rings (SSSR count). The lowest BCUT2D eigenvalue weighted by Gasteiger charge is -2.06. The minimum absolute atomic E-state index is 0.0711. The molecule has 0 bridgehead atoms. The molecule has 5 heteroatoms. The Balaban J connectivity index is 1.78. The van der Waals surface area contributed by atoms with E-state index in [1.54, 1.807) is 24.5 Å². The topological polar surface area (TPSA) is 81.2 Å². The number of nitrogens with one attached hydrogen (secondary N) is 2. The third kappa shape index (κ3) is 3.22. The van der Waals surface area contributed by atoms with Crippen molar-refractivity contribution >= 4 is 0 Å². The molecule has 1 aromatic heterocycles. The first kappa shape index (κ1) is 11.5. The van der Waals surface area contributed by atoms with E-state index in [2.05, 4.69) is 15.3 Å². The van der Waals surface area contributed by atoms with E-state index < -0.39 is 0 Å². The van der Waals surface area contributed by atoms with Crippen LogP contribution in [0.3, 0.4) is 0 Å². The Morgan fingerprint density at radius 3 is 2.88 bits per heavy atom. The molecule has 4 N–H and O–H groups in total. The van der Waals surface area contributed by atoms with Crippen LogP contribution in [0.25, 0.3) is 0 Å². The summed E-state index contributed by atoms with van der Waals surface area (Å²) < 4.78 is 0. The lowest BCUT2D eigenvalue weighted by Crippen LogP contribution is -2.17. The summed E-state index contributed by atoms with van der Waals surface area (Å²) in [7, 11) is 0. The van der Waals surface area contributed by atoms with Crippen LogP contribution in [0.4, 0.5) is 0 Å². The first-order valence-electron chi connectivity index (χ1n) is 5.45. The largest absolute Gasteiger partial charge is 0.508 e. The van der Waals surface area contributed by atoms with Gasteiger partial charge in [-0.1, -0.05) is 6.07 Å². The molecular formula is C12H15N3O2. The van der Waals surface area contributed by atoms with Crippen molar-refractivity contribution in [3.05, 3.63) is 42.0 Å². The molecule has 0 atom stereocenters. The summed E-state index contributed by atoms with van der Waals surface area (Å²) in [5.41, 5.74) is 0.766. The zero-order chi connectivity index (χ0) is 12.1. The number of aromatic hydroxyl groups is 2. The number of aromatic amines is 1. The number of nitrogens with zero attached hydrogens (tertiary/aromatic N) is 1. The zero-order valence-electron chi connectivity index (χ0n) is 9.35. The molecule has 5 nitrogen and oxygen atoms in total. The maximum atomic E-state index is 9.56. The molecule has 1 aromatic carbocycles. The zero-order valence-corrected chi connectivity index (χ0v) is 9.35. The average molecular weight is 233 g/mol. The van der Waals surface area contributed by atoms with Crippen LogP contribution in [0.2, 0.25) is 0 Å². The minimum atomic E-state index is 0.0711. The van der Waals surface area contributed by atoms with Crippen molar-refractivity contribution in [2.75, 3.05) is 6.54 Å². The number of phenolic OH excluding ortho intramolecular Hbond substituents is 2. The maximum absolute atomic E-state index is 9.56. The van der Waals surface area contributed by atoms with Crippen molar-refractivity contribution in [3.8, 4) is 11.5 Å². The number of rotatable bonds is 5. The second-order valence-corrected chi connectivity index (χ2v) is 3.78. The number of imidazole rings is 1. The maximum Gasteiger partial charge on any atom is 0.123 e. The number of H-pyrrole nitrogens is 1. The van der Waals surface area contributed by atoms with Crippen molar-refractivity contribution in [1.82, 2.24) is 15.3 Å². The number of aromatic nitrogens is 2. The highest BCUT2D eigenvalue weighted by Gasteiger charge is 2.01. The van der Waals surface area contributed by atoms with Crippen LogP contribution in [-0.4, -0.2) is 26.7 Å². The fourth-order valence-electron chi connectivity index (χ4n) is 1.57. The van der Waals surface area contributed by atoms with Gasteiger partial charge in [0.15, 0.2) is 0 Å². The van der Waals surface area contributed by atoms with Crippen molar-refractivity contribution in [3.63, 3.8) is 0 Å². The summed E-state index contributed by atoms with van der Waals surface area (Å²) in [6.45, 7) is 1.33. The summed E-state index contributed by atoms with van der Waals surface area (Å²) in [6.07, 6.45) is 4.33. The van der Waals surface area contributed by atoms with Gasteiger partial charge >= 0.3 is 0 Å². The second-order valence-electron chi connectivity index (χ2n) is 3.78. The van der Waals surface area contributed by atoms with Crippen LogP contribution >= 0.6 is 0 Å². The smallest absolute Gasteiger partial charge is 0.123 e. The Labute approximate surface area is 99.2 Å². The van der Waals surface area contributed by atoms with Crippen molar-refractivity contribution in [2.24, 2.45) is 0 Å². The molecule has 0 saturated heterocycles. The van der Waals surface area contributed by atoms with E-state index in [9.17, 15) is 5.11 Å². The Morgan fingerprint density at radius 1 is 1.29 bits per heavy atom. The molecule has 2 aromatic rings. The van der Waals surface area contributed by atoms with E-state index >= 15 is 0 Å². The second kappa shape index (κ2) is 5.36. The predicted octanol–water partition coefficient (Wildman–Crippen LogP) is 1.15. The van der Waals surface area contributed by atoms with Crippen molar-refractivity contribution in [2.45, 2.75) is 13.0 Å². The molecule has 0 radical (unpaired) electrons. The Morgan fingerprint density at radius 2 is 2.18 bits per heavy atom. The molecule has 1 heterocycles. The Bertz CT molecular complexity index is 469. The summed E-state index contributed by atoms with van der Waals surface area (Å²) in [6, 6.07) is 4.59. The third-order valence-electron chi connectivity index (χ3n) is 2.48. The molecule has 0 amide bonds. The summed E-state index contributed by atoms with van der Waals surface area (Å²) in [4.78, 5) is 7.13. The van der Waals surface area contributed by atoms with Crippen molar-refractivity contribution in [1.29, 1.82) is 0 Å². The SMILES string of the molecule is Oc1ccc(CNCCc2ncc[nH]2)c(O)c1. The van der Waals surface area contributed by atoms with Gasteiger partial charge in [-0.3, -0.25) is 0 Å². The van der Waals surface area contributed by atoms with Gasteiger partial charge in [0.25, 0.3) is 0 Å². The monoisotopic (exact) mass is 233 g/mol. The van der Waals surface area contributed by atoms with E-state index in [4.69, 9.17) is 5.11 Å². The molecule has 0 saturated carbocycles. The van der Waals surface area contributed by atoms with Gasteiger partial charge in [0.05, 0.1) is 0 Å². The van der Waals surface area contributed by atoms with Crippen molar-refractivity contribution < 1.29 is 10.2 Å². The Kier molecular flexibility index (Phi) is 3.62. The molecular weight excluding hydrogens is 218 g/mol. The van der Waals surface area contributed by atoms with Gasteiger partial charge in [-0.05, 0) is 6.07 Å². The molecule has 0 aliphatic heterocycles. The summed E-state index contributed by atoms with van der Waals surface area (Å²) in [5.74, 6) is 1.12.